The molecule has 0 aliphatic carbocycles. The quantitative estimate of drug-likeness (QED) is 0.641. The van der Waals surface area contributed by atoms with E-state index in [1.165, 1.54) is 5.56 Å². The standard InChI is InChI=1S/C22H29N5O2/c1-13(2)16-6-8-17(9-7-16)18(23)11-24-19(28)12-29-22-20-14(3)10-15(4)25-21(20)27(5)26-22/h6-10,13,18H,11-12,23H2,1-5H3,(H,24,28)/t18-/m0/s1. The summed E-state index contributed by atoms with van der Waals surface area (Å²) in [6.45, 7) is 8.43. The Morgan fingerprint density at radius 3 is 2.52 bits per heavy atom. The maximum Gasteiger partial charge on any atom is 0.258 e. The van der Waals surface area contributed by atoms with Crippen LogP contribution < -0.4 is 15.8 Å². The van der Waals surface area contributed by atoms with Gasteiger partial charge >= 0.3 is 0 Å². The first-order valence-electron chi connectivity index (χ1n) is 9.82. The molecule has 0 fully saturated rings. The van der Waals surface area contributed by atoms with Gasteiger partial charge in [0.1, 0.15) is 0 Å². The Labute approximate surface area is 171 Å². The number of amides is 1. The molecule has 0 aliphatic rings. The molecule has 29 heavy (non-hydrogen) atoms. The Balaban J connectivity index is 1.57. The largest absolute Gasteiger partial charge is 0.466 e. The zero-order valence-corrected chi connectivity index (χ0v) is 17.7. The van der Waals surface area contributed by atoms with Crippen LogP contribution in [0.15, 0.2) is 30.3 Å². The Bertz CT molecular complexity index is 1010. The van der Waals surface area contributed by atoms with E-state index in [0.29, 0.717) is 18.3 Å². The number of rotatable bonds is 7. The molecule has 7 heteroatoms. The minimum Gasteiger partial charge on any atom is -0.466 e. The molecular formula is C22H29N5O2. The van der Waals surface area contributed by atoms with E-state index in [0.717, 1.165) is 27.9 Å². The second-order valence-corrected chi connectivity index (χ2v) is 7.73. The molecule has 3 aromatic rings. The predicted molar refractivity (Wildman–Crippen MR) is 114 cm³/mol. The number of nitrogens with zero attached hydrogens (tertiary/aromatic N) is 3. The van der Waals surface area contributed by atoms with Crippen molar-refractivity contribution in [2.45, 2.75) is 39.7 Å². The van der Waals surface area contributed by atoms with Gasteiger partial charge in [-0.3, -0.25) is 4.79 Å². The van der Waals surface area contributed by atoms with Gasteiger partial charge in [0.05, 0.1) is 5.39 Å². The fourth-order valence-corrected chi connectivity index (χ4v) is 3.30. The summed E-state index contributed by atoms with van der Waals surface area (Å²) in [6, 6.07) is 9.89. The van der Waals surface area contributed by atoms with E-state index < -0.39 is 0 Å². The lowest BCUT2D eigenvalue weighted by molar-refractivity contribution is -0.123. The highest BCUT2D eigenvalue weighted by atomic mass is 16.5. The molecule has 1 atom stereocenters. The molecule has 7 nitrogen and oxygen atoms in total. The number of carbonyl (C=O) groups is 1. The summed E-state index contributed by atoms with van der Waals surface area (Å²) in [5, 5.41) is 8.01. The number of nitrogens with two attached hydrogens (primary N) is 1. The Kier molecular flexibility index (Phi) is 6.17. The van der Waals surface area contributed by atoms with Gasteiger partial charge in [-0.15, -0.1) is 5.10 Å². The minimum atomic E-state index is -0.273. The summed E-state index contributed by atoms with van der Waals surface area (Å²) in [5.74, 6) is 0.648. The van der Waals surface area contributed by atoms with Crippen LogP contribution in [-0.2, 0) is 11.8 Å². The lowest BCUT2D eigenvalue weighted by Gasteiger charge is -2.14. The summed E-state index contributed by atoms with van der Waals surface area (Å²) in [5.41, 5.74) is 11.1. The number of carbonyl (C=O) groups excluding carboxylic acids is 1. The van der Waals surface area contributed by atoms with Crippen molar-refractivity contribution < 1.29 is 9.53 Å². The van der Waals surface area contributed by atoms with Crippen LogP contribution in [0.3, 0.4) is 0 Å². The van der Waals surface area contributed by atoms with Crippen LogP contribution in [0.5, 0.6) is 5.88 Å². The van der Waals surface area contributed by atoms with Gasteiger partial charge in [0.2, 0.25) is 5.88 Å². The molecular weight excluding hydrogens is 366 g/mol. The van der Waals surface area contributed by atoms with E-state index in [2.05, 4.69) is 41.4 Å². The van der Waals surface area contributed by atoms with Gasteiger partial charge in [0, 0.05) is 25.3 Å². The molecule has 3 N–H and O–H groups in total. The lowest BCUT2D eigenvalue weighted by Crippen LogP contribution is -2.35. The zero-order chi connectivity index (χ0) is 21.1. The lowest BCUT2D eigenvalue weighted by atomic mass is 9.99. The first kappa shape index (κ1) is 20.8. The molecule has 0 bridgehead atoms. The molecule has 2 aromatic heterocycles. The highest BCUT2D eigenvalue weighted by molar-refractivity contribution is 5.85. The van der Waals surface area contributed by atoms with Crippen LogP contribution in [0.1, 0.15) is 48.2 Å². The van der Waals surface area contributed by atoms with Crippen LogP contribution in [0, 0.1) is 13.8 Å². The van der Waals surface area contributed by atoms with Crippen LogP contribution in [-0.4, -0.2) is 33.8 Å². The third kappa shape index (κ3) is 4.74. The molecule has 0 saturated carbocycles. The normalized spacial score (nSPS) is 12.4. The third-order valence-electron chi connectivity index (χ3n) is 4.98. The monoisotopic (exact) mass is 395 g/mol. The molecule has 0 spiro atoms. The van der Waals surface area contributed by atoms with Crippen molar-refractivity contribution in [1.29, 1.82) is 0 Å². The molecule has 3 rings (SSSR count). The SMILES string of the molecule is Cc1cc(C)c2c(OCC(=O)NC[C@H](N)c3ccc(C(C)C)cc3)nn(C)c2n1. The molecule has 1 aromatic carbocycles. The number of pyridine rings is 1. The zero-order valence-electron chi connectivity index (χ0n) is 17.7. The second kappa shape index (κ2) is 8.61. The Morgan fingerprint density at radius 1 is 1.21 bits per heavy atom. The van der Waals surface area contributed by atoms with Gasteiger partial charge in [-0.05, 0) is 42.5 Å². The van der Waals surface area contributed by atoms with Gasteiger partial charge in [-0.25, -0.2) is 9.67 Å². The summed E-state index contributed by atoms with van der Waals surface area (Å²) >= 11 is 0. The number of hydrogen-bond donors (Lipinski definition) is 2. The minimum absolute atomic E-state index is 0.127. The summed E-state index contributed by atoms with van der Waals surface area (Å²) < 4.78 is 7.34. The average Bonchev–Trinajstić information content (AvgIpc) is 3.00. The summed E-state index contributed by atoms with van der Waals surface area (Å²) in [4.78, 5) is 16.7. The average molecular weight is 396 g/mol. The molecule has 1 amide bonds. The molecule has 0 unspecified atom stereocenters. The van der Waals surface area contributed by atoms with Gasteiger partial charge in [-0.2, -0.15) is 0 Å². The number of aromatic nitrogens is 3. The van der Waals surface area contributed by atoms with Crippen molar-refractivity contribution in [3.8, 4) is 5.88 Å². The number of hydrogen-bond acceptors (Lipinski definition) is 5. The highest BCUT2D eigenvalue weighted by Crippen LogP contribution is 2.27. The van der Waals surface area contributed by atoms with E-state index in [-0.39, 0.29) is 18.6 Å². The van der Waals surface area contributed by atoms with Crippen molar-refractivity contribution in [3.05, 3.63) is 52.7 Å². The molecule has 0 saturated heterocycles. The molecule has 0 aliphatic heterocycles. The van der Waals surface area contributed by atoms with E-state index >= 15 is 0 Å². The van der Waals surface area contributed by atoms with Gasteiger partial charge in [0.15, 0.2) is 12.3 Å². The number of benzene rings is 1. The first-order valence-corrected chi connectivity index (χ1v) is 9.82. The van der Waals surface area contributed by atoms with E-state index in [1.807, 2.05) is 39.1 Å². The van der Waals surface area contributed by atoms with Crippen LogP contribution in [0.4, 0.5) is 0 Å². The van der Waals surface area contributed by atoms with Crippen LogP contribution >= 0.6 is 0 Å². The number of aryl methyl sites for hydroxylation is 3. The van der Waals surface area contributed by atoms with Gasteiger partial charge < -0.3 is 15.8 Å². The van der Waals surface area contributed by atoms with Crippen molar-refractivity contribution in [3.63, 3.8) is 0 Å². The van der Waals surface area contributed by atoms with E-state index in [9.17, 15) is 4.79 Å². The van der Waals surface area contributed by atoms with E-state index in [1.54, 1.807) is 4.68 Å². The number of ether oxygens (including phenoxy) is 1. The van der Waals surface area contributed by atoms with E-state index in [4.69, 9.17) is 10.5 Å². The van der Waals surface area contributed by atoms with Crippen molar-refractivity contribution in [2.24, 2.45) is 12.8 Å². The van der Waals surface area contributed by atoms with Crippen LogP contribution in [0.25, 0.3) is 11.0 Å². The summed E-state index contributed by atoms with van der Waals surface area (Å²) in [7, 11) is 1.81. The second-order valence-electron chi connectivity index (χ2n) is 7.73. The van der Waals surface area contributed by atoms with Crippen molar-refractivity contribution >= 4 is 16.9 Å². The van der Waals surface area contributed by atoms with Crippen LogP contribution in [0.2, 0.25) is 0 Å². The maximum atomic E-state index is 12.2. The predicted octanol–water partition coefficient (Wildman–Crippen LogP) is 2.90. The highest BCUT2D eigenvalue weighted by Gasteiger charge is 2.16. The van der Waals surface area contributed by atoms with Crippen molar-refractivity contribution in [1.82, 2.24) is 20.1 Å². The maximum absolute atomic E-state index is 12.2. The topological polar surface area (TPSA) is 95.1 Å². The number of fused-ring (bicyclic) bond motifs is 1. The fourth-order valence-electron chi connectivity index (χ4n) is 3.30. The summed E-state index contributed by atoms with van der Waals surface area (Å²) in [6.07, 6.45) is 0. The number of nitrogens with one attached hydrogen (secondary N) is 1. The smallest absolute Gasteiger partial charge is 0.258 e. The Hall–Kier alpha value is -2.93. The first-order chi connectivity index (χ1) is 13.8. The molecule has 2 heterocycles. The van der Waals surface area contributed by atoms with Gasteiger partial charge in [-0.1, -0.05) is 38.1 Å². The molecule has 0 radical (unpaired) electrons. The Morgan fingerprint density at radius 2 is 1.86 bits per heavy atom. The third-order valence-corrected chi connectivity index (χ3v) is 4.98. The fraction of sp³-hybridized carbons (Fsp3) is 0.409. The van der Waals surface area contributed by atoms with Crippen molar-refractivity contribution in [2.75, 3.05) is 13.2 Å². The molecule has 154 valence electrons. The van der Waals surface area contributed by atoms with Gasteiger partial charge in [0.25, 0.3) is 5.91 Å².